The number of benzene rings is 4. The van der Waals surface area contributed by atoms with Gasteiger partial charge in [0.2, 0.25) is 0 Å². The lowest BCUT2D eigenvalue weighted by Crippen LogP contribution is -2.16. The van der Waals surface area contributed by atoms with E-state index in [9.17, 15) is 0 Å². The van der Waals surface area contributed by atoms with E-state index in [0.717, 1.165) is 145 Å². The first kappa shape index (κ1) is 71.1. The predicted molar refractivity (Wildman–Crippen MR) is 448 cm³/mol. The van der Waals surface area contributed by atoms with Gasteiger partial charge >= 0.3 is 0 Å². The summed E-state index contributed by atoms with van der Waals surface area (Å²) in [5.41, 5.74) is 33.2. The van der Waals surface area contributed by atoms with Gasteiger partial charge in [-0.3, -0.25) is 0 Å². The van der Waals surface area contributed by atoms with E-state index >= 15 is 0 Å². The van der Waals surface area contributed by atoms with Crippen molar-refractivity contribution in [2.24, 2.45) is 0 Å². The number of rotatable bonds is 5. The largest absolute Gasteiger partial charge is 0.355 e. The molecule has 0 atom stereocenters. The molecule has 14 rings (SSSR count). The van der Waals surface area contributed by atoms with E-state index in [0.29, 0.717) is 0 Å². The molecule has 8 nitrogen and oxygen atoms in total. The fraction of sp³-hybridized carbons (Fsp3) is 0.333. The molecular weight excluding hydrogens is 1270 g/mol. The summed E-state index contributed by atoms with van der Waals surface area (Å²) in [6, 6.07) is 50.9. The third-order valence-corrected chi connectivity index (χ3v) is 21.2. The third kappa shape index (κ3) is 13.9. The van der Waals surface area contributed by atoms with E-state index in [1.165, 1.54) is 44.5 Å². The summed E-state index contributed by atoms with van der Waals surface area (Å²) in [6.45, 7) is 55.5. The van der Waals surface area contributed by atoms with Crippen molar-refractivity contribution in [3.05, 3.63) is 224 Å². The maximum absolute atomic E-state index is 6.04. The zero-order valence-corrected chi connectivity index (χ0v) is 66.1. The Bertz CT molecular complexity index is 5050. The van der Waals surface area contributed by atoms with Gasteiger partial charge < -0.3 is 19.9 Å². The summed E-state index contributed by atoms with van der Waals surface area (Å²) >= 11 is 0. The molecule has 4 aromatic carbocycles. The van der Waals surface area contributed by atoms with Crippen LogP contribution in [-0.4, -0.2) is 39.9 Å². The zero-order chi connectivity index (χ0) is 74.5. The topological polar surface area (TPSA) is 115 Å². The lowest BCUT2D eigenvalue weighted by Gasteiger charge is -2.26. The van der Waals surface area contributed by atoms with Gasteiger partial charge in [0.25, 0.3) is 0 Å². The molecule has 8 heteroatoms. The Morgan fingerprint density at radius 1 is 0.192 bits per heavy atom. The average molecular weight is 1370 g/mol. The molecule has 104 heavy (non-hydrogen) atoms. The third-order valence-electron chi connectivity index (χ3n) is 21.2. The minimum absolute atomic E-state index is 0.146. The van der Waals surface area contributed by atoms with Gasteiger partial charge in [-0.25, -0.2) is 19.9 Å². The smallest absolute Gasteiger partial charge is 0.0738 e. The van der Waals surface area contributed by atoms with Crippen molar-refractivity contribution >= 4 is 92.7 Å². The average Bonchev–Trinajstić information content (AvgIpc) is 1.61. The van der Waals surface area contributed by atoms with Gasteiger partial charge in [0, 0.05) is 77.5 Å². The van der Waals surface area contributed by atoms with Crippen molar-refractivity contribution in [2.45, 2.75) is 209 Å². The van der Waals surface area contributed by atoms with Crippen molar-refractivity contribution in [1.29, 1.82) is 0 Å². The summed E-state index contributed by atoms with van der Waals surface area (Å²) in [5, 5.41) is 0. The maximum Gasteiger partial charge on any atom is 0.0738 e. The highest BCUT2D eigenvalue weighted by Gasteiger charge is 2.30. The molecule has 16 bridgehead atoms. The van der Waals surface area contributed by atoms with Crippen LogP contribution in [0.15, 0.2) is 133 Å². The van der Waals surface area contributed by atoms with Gasteiger partial charge in [0.05, 0.1) is 45.6 Å². The molecule has 0 aliphatic carbocycles. The number of hydrogen-bond acceptors (Lipinski definition) is 4. The number of H-pyrrole nitrogens is 4. The SMILES string of the molecule is CC(C)(C)c1cc(-c2c3nc(c(-c4c5nc(c(-c6cc(C(C)(C)C)cc(C(C)(C)C)c6)c6ccc(cc7nc(c(-c8cc(C(C)(C)C)cc(C(C)(C)C)c8)c8ccc4[nH]8)C=C7)[nH]6)C=C5)c4ccc([nH]4)c(-c4cc(C(C)(C)C)cc(C(C)(C)C)c4)c4nc(cc5ccc2[nH]5)C=C4)C=C3)cc(C(C)(C)C)c1. The predicted octanol–water partition coefficient (Wildman–Crippen LogP) is 26.3. The van der Waals surface area contributed by atoms with Crippen LogP contribution < -0.4 is 0 Å². The Kier molecular flexibility index (Phi) is 17.0. The Labute approximate surface area is 617 Å². The molecule has 0 amide bonds. The molecule has 10 heterocycles. The first-order valence-corrected chi connectivity index (χ1v) is 37.4. The second-order valence-corrected chi connectivity index (χ2v) is 37.9. The molecule has 4 aliphatic rings. The Balaban J connectivity index is 1.21. The van der Waals surface area contributed by atoms with Crippen LogP contribution in [0.5, 0.6) is 0 Å². The molecule has 0 spiro atoms. The summed E-state index contributed by atoms with van der Waals surface area (Å²) in [5.74, 6) is 0. The van der Waals surface area contributed by atoms with Gasteiger partial charge in [0.1, 0.15) is 0 Å². The number of nitrogens with one attached hydrogen (secondary N) is 4. The second kappa shape index (κ2) is 24.9. The van der Waals surface area contributed by atoms with Crippen LogP contribution in [0.4, 0.5) is 0 Å². The number of aromatic nitrogens is 8. The lowest BCUT2D eigenvalue weighted by molar-refractivity contribution is 0.568. The summed E-state index contributed by atoms with van der Waals surface area (Å²) in [6.07, 6.45) is 17.6. The minimum Gasteiger partial charge on any atom is -0.355 e. The van der Waals surface area contributed by atoms with Crippen LogP contribution in [0.2, 0.25) is 0 Å². The van der Waals surface area contributed by atoms with Gasteiger partial charge in [-0.15, -0.1) is 0 Å². The second-order valence-electron chi connectivity index (χ2n) is 37.9. The van der Waals surface area contributed by atoms with Crippen LogP contribution in [0.25, 0.3) is 148 Å². The highest BCUT2D eigenvalue weighted by molar-refractivity contribution is 6.05. The van der Waals surface area contributed by atoms with Crippen molar-refractivity contribution in [2.75, 3.05) is 0 Å². The van der Waals surface area contributed by atoms with E-state index in [1.807, 2.05) is 0 Å². The Morgan fingerprint density at radius 3 is 0.625 bits per heavy atom. The van der Waals surface area contributed by atoms with Crippen molar-refractivity contribution in [1.82, 2.24) is 39.9 Å². The molecule has 4 N–H and O–H groups in total. The van der Waals surface area contributed by atoms with Gasteiger partial charge in [0.15, 0.2) is 0 Å². The van der Waals surface area contributed by atoms with Crippen LogP contribution in [0, 0.1) is 0 Å². The monoisotopic (exact) mass is 1370 g/mol. The molecule has 530 valence electrons. The number of fused-ring (bicyclic) bond motifs is 16. The summed E-state index contributed by atoms with van der Waals surface area (Å²) < 4.78 is 0. The van der Waals surface area contributed by atoms with Crippen LogP contribution in [0.3, 0.4) is 0 Å². The first-order valence-electron chi connectivity index (χ1n) is 37.4. The van der Waals surface area contributed by atoms with E-state index in [-0.39, 0.29) is 43.3 Å². The number of hydrogen-bond donors (Lipinski definition) is 4. The van der Waals surface area contributed by atoms with E-state index in [1.54, 1.807) is 0 Å². The van der Waals surface area contributed by atoms with Crippen molar-refractivity contribution in [3.63, 3.8) is 0 Å². The molecule has 0 saturated carbocycles. The minimum atomic E-state index is -0.146. The first-order chi connectivity index (χ1) is 48.5. The van der Waals surface area contributed by atoms with Crippen LogP contribution >= 0.6 is 0 Å². The zero-order valence-electron chi connectivity index (χ0n) is 66.1. The van der Waals surface area contributed by atoms with Crippen molar-refractivity contribution in [3.8, 4) is 55.6 Å². The standard InChI is InChI=1S/C96H106N8/c1-89(2,3)59-41-55(42-60(49-59)90(4,5)6)83-71-29-25-67(97-71)53-68-26-30-72(98-68)84(56-43-61(91(7,8)9)50-62(44-56)92(10,11)12)76-34-38-80(102-76)87(79-37-33-75(83)101-79)88-81-39-35-77(103-81)85(57-45-63(93(13,14)15)51-64(46-57)94(16,17)18)73-31-27-69(99-73)54-70-28-32-74(100-70)86(78-36-40-82(88)104-78)58-47-65(95(19,20)21)52-66(48-58)96(22,23)24/h25-54,97,99,102,104H,1-24H3. The van der Waals surface area contributed by atoms with Gasteiger partial charge in [-0.2, -0.15) is 0 Å². The Hall–Kier alpha value is -9.92. The molecule has 6 aromatic heterocycles. The van der Waals surface area contributed by atoms with E-state index in [2.05, 4.69) is 368 Å². The molecule has 0 radical (unpaired) electrons. The van der Waals surface area contributed by atoms with Gasteiger partial charge in [-0.1, -0.05) is 239 Å². The molecular formula is C96H106N8. The molecule has 0 fully saturated rings. The van der Waals surface area contributed by atoms with Crippen LogP contribution in [0.1, 0.15) is 256 Å². The fourth-order valence-electron chi connectivity index (χ4n) is 14.6. The summed E-state index contributed by atoms with van der Waals surface area (Å²) in [7, 11) is 0. The number of nitrogens with zero attached hydrogens (tertiary/aromatic N) is 4. The molecule has 0 saturated heterocycles. The molecule has 4 aliphatic heterocycles. The van der Waals surface area contributed by atoms with Crippen LogP contribution in [-0.2, 0) is 43.3 Å². The summed E-state index contributed by atoms with van der Waals surface area (Å²) in [4.78, 5) is 39.5. The molecule has 0 unspecified atom stereocenters. The van der Waals surface area contributed by atoms with Crippen molar-refractivity contribution < 1.29 is 0 Å². The fourth-order valence-corrected chi connectivity index (χ4v) is 14.6. The maximum atomic E-state index is 6.04. The normalized spacial score (nSPS) is 13.8. The number of aromatic amines is 4. The quantitative estimate of drug-likeness (QED) is 0.137. The lowest BCUT2D eigenvalue weighted by atomic mass is 9.78. The Morgan fingerprint density at radius 2 is 0.385 bits per heavy atom. The highest BCUT2D eigenvalue weighted by Crippen LogP contribution is 2.46. The highest BCUT2D eigenvalue weighted by atomic mass is 14.8. The molecule has 10 aromatic rings. The van der Waals surface area contributed by atoms with E-state index < -0.39 is 0 Å². The van der Waals surface area contributed by atoms with E-state index in [4.69, 9.17) is 19.9 Å². The van der Waals surface area contributed by atoms with Gasteiger partial charge in [-0.05, 0) is 219 Å².